The lowest BCUT2D eigenvalue weighted by molar-refractivity contribution is -0.120. The molecule has 0 saturated heterocycles. The van der Waals surface area contributed by atoms with Crippen molar-refractivity contribution in [1.82, 2.24) is 0 Å². The number of carbonyl (C=O) groups excluding carboxylic acids is 2. The van der Waals surface area contributed by atoms with Crippen molar-refractivity contribution in [2.24, 2.45) is 0 Å². The summed E-state index contributed by atoms with van der Waals surface area (Å²) in [6.45, 7) is 3.99. The van der Waals surface area contributed by atoms with Gasteiger partial charge in [-0.2, -0.15) is 0 Å². The molecule has 30 heavy (non-hydrogen) atoms. The Morgan fingerprint density at radius 2 is 1.40 bits per heavy atom. The number of anilines is 2. The number of para-hydroxylation sites is 1. The molecule has 6 heteroatoms. The van der Waals surface area contributed by atoms with Crippen LogP contribution in [0.5, 0.6) is 0 Å². The third-order valence-corrected chi connectivity index (χ3v) is 6.11. The van der Waals surface area contributed by atoms with Gasteiger partial charge in [-0.15, -0.1) is 0 Å². The molecular weight excluding hydrogens is 416 g/mol. The molecule has 0 aromatic heterocycles. The van der Waals surface area contributed by atoms with Crippen LogP contribution in [0.4, 0.5) is 11.4 Å². The van der Waals surface area contributed by atoms with Crippen LogP contribution >= 0.6 is 23.4 Å². The number of nitrogens with one attached hydrogen (secondary N) is 1. The molecule has 0 saturated carbocycles. The summed E-state index contributed by atoms with van der Waals surface area (Å²) in [5, 5.41) is 3.50. The largest absolute Gasteiger partial charge is 0.350 e. The molecule has 150 valence electrons. The maximum Gasteiger partial charge on any atom is 0.283 e. The number of benzene rings is 3. The lowest BCUT2D eigenvalue weighted by Gasteiger charge is -2.16. The van der Waals surface area contributed by atoms with Gasteiger partial charge in [0.2, 0.25) is 0 Å². The van der Waals surface area contributed by atoms with E-state index in [0.29, 0.717) is 15.6 Å². The molecule has 0 atom stereocenters. The molecule has 3 aromatic rings. The first kappa shape index (κ1) is 20.3. The molecule has 3 aromatic carbocycles. The van der Waals surface area contributed by atoms with Gasteiger partial charge < -0.3 is 5.32 Å². The lowest BCUT2D eigenvalue weighted by atomic mass is 10.2. The predicted octanol–water partition coefficient (Wildman–Crippen LogP) is 5.95. The van der Waals surface area contributed by atoms with Crippen molar-refractivity contribution < 1.29 is 9.59 Å². The first-order valence-corrected chi connectivity index (χ1v) is 10.6. The van der Waals surface area contributed by atoms with Gasteiger partial charge in [0.15, 0.2) is 0 Å². The topological polar surface area (TPSA) is 49.4 Å². The number of aryl methyl sites for hydroxylation is 2. The summed E-state index contributed by atoms with van der Waals surface area (Å²) in [6, 6.07) is 22.3. The van der Waals surface area contributed by atoms with E-state index in [1.807, 2.05) is 62.4 Å². The molecule has 0 bridgehead atoms. The number of thioether (sulfide) groups is 1. The number of halogens is 1. The van der Waals surface area contributed by atoms with Crippen molar-refractivity contribution in [2.45, 2.75) is 18.7 Å². The van der Waals surface area contributed by atoms with Gasteiger partial charge in [0.25, 0.3) is 11.8 Å². The second kappa shape index (κ2) is 8.38. The molecule has 2 amide bonds. The molecule has 4 nitrogen and oxygen atoms in total. The van der Waals surface area contributed by atoms with Gasteiger partial charge in [0.1, 0.15) is 10.6 Å². The normalized spacial score (nSPS) is 13.9. The first-order valence-electron chi connectivity index (χ1n) is 9.40. The Morgan fingerprint density at radius 3 is 2.03 bits per heavy atom. The van der Waals surface area contributed by atoms with Crippen molar-refractivity contribution >= 4 is 46.6 Å². The molecule has 0 spiro atoms. The number of nitrogens with zero attached hydrogens (tertiary/aromatic N) is 1. The van der Waals surface area contributed by atoms with Crippen LogP contribution in [0.2, 0.25) is 5.02 Å². The average molecular weight is 435 g/mol. The van der Waals surface area contributed by atoms with Crippen LogP contribution in [-0.2, 0) is 9.59 Å². The minimum atomic E-state index is -0.428. The molecule has 0 radical (unpaired) electrons. The molecule has 1 heterocycles. The zero-order valence-corrected chi connectivity index (χ0v) is 18.1. The number of amides is 2. The average Bonchev–Trinajstić information content (AvgIpc) is 2.96. The van der Waals surface area contributed by atoms with E-state index in [1.54, 1.807) is 24.3 Å². The molecular formula is C24H19ClN2O2S. The Labute approximate surface area is 184 Å². The Balaban J connectivity index is 1.75. The van der Waals surface area contributed by atoms with E-state index >= 15 is 0 Å². The molecule has 1 N–H and O–H groups in total. The quantitative estimate of drug-likeness (QED) is 0.504. The van der Waals surface area contributed by atoms with E-state index in [9.17, 15) is 9.59 Å². The monoisotopic (exact) mass is 434 g/mol. The second-order valence-electron chi connectivity index (χ2n) is 7.01. The fraction of sp³-hybridized carbons (Fsp3) is 0.0833. The van der Waals surface area contributed by atoms with E-state index in [0.717, 1.165) is 26.6 Å². The first-order chi connectivity index (χ1) is 14.4. The summed E-state index contributed by atoms with van der Waals surface area (Å²) in [4.78, 5) is 29.0. The molecule has 1 aliphatic rings. The summed E-state index contributed by atoms with van der Waals surface area (Å²) in [5.74, 6) is -0.823. The maximum absolute atomic E-state index is 13.3. The minimum Gasteiger partial charge on any atom is -0.350 e. The number of imide groups is 1. The minimum absolute atomic E-state index is 0.245. The van der Waals surface area contributed by atoms with Crippen molar-refractivity contribution in [3.05, 3.63) is 99.5 Å². The SMILES string of the molecule is Cc1ccc(NC2=C(Sc3ccc(C)cc3)C(=O)N(c3ccccc3Cl)C2=O)cc1. The standard InChI is InChI=1S/C24H19ClN2O2S/c1-15-7-11-17(12-8-15)26-21-22(30-18-13-9-16(2)10-14-18)24(29)27(23(21)28)20-6-4-3-5-19(20)25/h3-14,26H,1-2H3. The van der Waals surface area contributed by atoms with Crippen LogP contribution < -0.4 is 10.2 Å². The third-order valence-electron chi connectivity index (χ3n) is 4.70. The highest BCUT2D eigenvalue weighted by molar-refractivity contribution is 8.04. The summed E-state index contributed by atoms with van der Waals surface area (Å²) >= 11 is 7.56. The van der Waals surface area contributed by atoms with E-state index in [2.05, 4.69) is 5.32 Å². The van der Waals surface area contributed by atoms with E-state index in [4.69, 9.17) is 11.6 Å². The van der Waals surface area contributed by atoms with E-state index < -0.39 is 11.8 Å². The van der Waals surface area contributed by atoms with E-state index in [1.165, 1.54) is 11.8 Å². The van der Waals surface area contributed by atoms with Gasteiger partial charge in [-0.3, -0.25) is 9.59 Å². The number of hydrogen-bond donors (Lipinski definition) is 1. The molecule has 4 rings (SSSR count). The second-order valence-corrected chi connectivity index (χ2v) is 8.50. The van der Waals surface area contributed by atoms with Crippen LogP contribution in [0, 0.1) is 13.8 Å². The van der Waals surface area contributed by atoms with Gasteiger partial charge in [-0.25, -0.2) is 4.90 Å². The smallest absolute Gasteiger partial charge is 0.283 e. The Kier molecular flexibility index (Phi) is 5.66. The van der Waals surface area contributed by atoms with Gasteiger partial charge in [-0.1, -0.05) is 70.9 Å². The van der Waals surface area contributed by atoms with Crippen molar-refractivity contribution in [3.8, 4) is 0 Å². The molecule has 0 fully saturated rings. The zero-order valence-electron chi connectivity index (χ0n) is 16.5. The van der Waals surface area contributed by atoms with Gasteiger partial charge in [0, 0.05) is 10.6 Å². The van der Waals surface area contributed by atoms with Gasteiger partial charge in [-0.05, 0) is 50.2 Å². The Bertz CT molecular complexity index is 1090. The van der Waals surface area contributed by atoms with E-state index in [-0.39, 0.29) is 5.70 Å². The van der Waals surface area contributed by atoms with Crippen molar-refractivity contribution in [3.63, 3.8) is 0 Å². The Hall–Kier alpha value is -3.02. The number of rotatable bonds is 5. The number of hydrogen-bond acceptors (Lipinski definition) is 4. The molecule has 0 unspecified atom stereocenters. The fourth-order valence-corrected chi connectivity index (χ4v) is 4.22. The number of carbonyl (C=O) groups is 2. The highest BCUT2D eigenvalue weighted by atomic mass is 35.5. The summed E-state index contributed by atoms with van der Waals surface area (Å²) in [7, 11) is 0. The predicted molar refractivity (Wildman–Crippen MR) is 123 cm³/mol. The summed E-state index contributed by atoms with van der Waals surface area (Å²) in [5.41, 5.74) is 3.58. The van der Waals surface area contributed by atoms with Crippen LogP contribution in [0.3, 0.4) is 0 Å². The molecule has 1 aliphatic heterocycles. The highest BCUT2D eigenvalue weighted by Crippen LogP contribution is 2.39. The van der Waals surface area contributed by atoms with Crippen LogP contribution in [0.15, 0.2) is 88.3 Å². The fourth-order valence-electron chi connectivity index (χ4n) is 3.07. The summed E-state index contributed by atoms with van der Waals surface area (Å²) in [6.07, 6.45) is 0. The lowest BCUT2D eigenvalue weighted by Crippen LogP contribution is -2.32. The Morgan fingerprint density at radius 1 is 0.800 bits per heavy atom. The van der Waals surface area contributed by atoms with Crippen LogP contribution in [0.25, 0.3) is 0 Å². The maximum atomic E-state index is 13.3. The van der Waals surface area contributed by atoms with Gasteiger partial charge in [0.05, 0.1) is 10.7 Å². The van der Waals surface area contributed by atoms with Crippen molar-refractivity contribution in [1.29, 1.82) is 0 Å². The van der Waals surface area contributed by atoms with Gasteiger partial charge >= 0.3 is 0 Å². The highest BCUT2D eigenvalue weighted by Gasteiger charge is 2.41. The zero-order chi connectivity index (χ0) is 21.3. The third kappa shape index (κ3) is 3.99. The molecule has 0 aliphatic carbocycles. The summed E-state index contributed by atoms with van der Waals surface area (Å²) < 4.78 is 0. The van der Waals surface area contributed by atoms with Crippen LogP contribution in [-0.4, -0.2) is 11.8 Å². The van der Waals surface area contributed by atoms with Crippen LogP contribution in [0.1, 0.15) is 11.1 Å². The van der Waals surface area contributed by atoms with Crippen molar-refractivity contribution in [2.75, 3.05) is 10.2 Å².